The maximum atomic E-state index is 11.9. The van der Waals surface area contributed by atoms with Gasteiger partial charge in [0, 0.05) is 12.6 Å². The molecule has 0 aromatic carbocycles. The zero-order chi connectivity index (χ0) is 13.0. The molecule has 1 aliphatic carbocycles. The van der Waals surface area contributed by atoms with E-state index in [0.29, 0.717) is 18.5 Å². The molecule has 19 heavy (non-hydrogen) atoms. The fourth-order valence-corrected chi connectivity index (χ4v) is 3.07. The van der Waals surface area contributed by atoms with Crippen molar-refractivity contribution < 1.29 is 9.59 Å². The molecule has 2 rings (SSSR count). The van der Waals surface area contributed by atoms with Crippen LogP contribution in [0.4, 0.5) is 0 Å². The lowest BCUT2D eigenvalue weighted by molar-refractivity contribution is -0.127. The van der Waals surface area contributed by atoms with Gasteiger partial charge in [-0.25, -0.2) is 0 Å². The van der Waals surface area contributed by atoms with Crippen molar-refractivity contribution in [2.75, 3.05) is 13.1 Å². The normalized spacial score (nSPS) is 29.0. The average Bonchev–Trinajstić information content (AvgIpc) is 2.80. The zero-order valence-corrected chi connectivity index (χ0v) is 12.2. The van der Waals surface area contributed by atoms with Crippen LogP contribution in [0.2, 0.25) is 0 Å². The van der Waals surface area contributed by atoms with Crippen LogP contribution in [0, 0.1) is 5.92 Å². The second-order valence-corrected chi connectivity index (χ2v) is 5.28. The van der Waals surface area contributed by atoms with Crippen LogP contribution in [-0.4, -0.2) is 37.0 Å². The van der Waals surface area contributed by atoms with Crippen molar-refractivity contribution in [3.05, 3.63) is 0 Å². The van der Waals surface area contributed by atoms with Crippen molar-refractivity contribution in [3.8, 4) is 0 Å². The maximum Gasteiger partial charge on any atom is 0.239 e. The number of rotatable bonds is 4. The zero-order valence-electron chi connectivity index (χ0n) is 11.4. The van der Waals surface area contributed by atoms with Crippen LogP contribution < -0.4 is 16.0 Å². The topological polar surface area (TPSA) is 70.2 Å². The molecule has 1 saturated carbocycles. The molecule has 0 aromatic rings. The van der Waals surface area contributed by atoms with E-state index in [9.17, 15) is 9.59 Å². The lowest BCUT2D eigenvalue weighted by atomic mass is 9.85. The van der Waals surface area contributed by atoms with Crippen molar-refractivity contribution in [2.24, 2.45) is 5.92 Å². The van der Waals surface area contributed by atoms with Crippen LogP contribution >= 0.6 is 12.4 Å². The van der Waals surface area contributed by atoms with Gasteiger partial charge in [0.25, 0.3) is 0 Å². The smallest absolute Gasteiger partial charge is 0.239 e. The molecule has 110 valence electrons. The number of hydrogen-bond acceptors (Lipinski definition) is 3. The van der Waals surface area contributed by atoms with Gasteiger partial charge >= 0.3 is 0 Å². The predicted octanol–water partition coefficient (Wildman–Crippen LogP) is 0.581. The van der Waals surface area contributed by atoms with Gasteiger partial charge in [0.15, 0.2) is 0 Å². The van der Waals surface area contributed by atoms with Gasteiger partial charge in [0.2, 0.25) is 11.8 Å². The number of hydrogen-bond donors (Lipinski definition) is 3. The summed E-state index contributed by atoms with van der Waals surface area (Å²) in [6.45, 7) is 2.55. The highest BCUT2D eigenvalue weighted by atomic mass is 35.5. The van der Waals surface area contributed by atoms with Crippen molar-refractivity contribution >= 4 is 24.2 Å². The molecule has 0 aromatic heterocycles. The summed E-state index contributed by atoms with van der Waals surface area (Å²) in [6.07, 6.45) is 5.89. The second kappa shape index (κ2) is 7.70. The van der Waals surface area contributed by atoms with Gasteiger partial charge in [0.05, 0.1) is 12.6 Å². The Balaban J connectivity index is 0.00000180. The van der Waals surface area contributed by atoms with E-state index in [0.717, 1.165) is 6.42 Å². The predicted molar refractivity (Wildman–Crippen MR) is 76.2 cm³/mol. The lowest BCUT2D eigenvalue weighted by Gasteiger charge is -2.24. The summed E-state index contributed by atoms with van der Waals surface area (Å²) in [5.74, 6) is 0.496. The molecule has 1 saturated heterocycles. The van der Waals surface area contributed by atoms with Crippen LogP contribution in [0.5, 0.6) is 0 Å². The van der Waals surface area contributed by atoms with Gasteiger partial charge < -0.3 is 16.0 Å². The summed E-state index contributed by atoms with van der Waals surface area (Å²) >= 11 is 0. The molecule has 0 bridgehead atoms. The van der Waals surface area contributed by atoms with E-state index in [1.807, 2.05) is 6.92 Å². The SMILES string of the molecule is CCNC(=O)CNC(=O)C1CC2CCCCC2N1.Cl. The Morgan fingerprint density at radius 3 is 2.63 bits per heavy atom. The molecule has 6 heteroatoms. The van der Waals surface area contributed by atoms with Gasteiger partial charge in [0.1, 0.15) is 0 Å². The number of carbonyl (C=O) groups is 2. The number of amides is 2. The standard InChI is InChI=1S/C13H23N3O2.ClH/c1-2-14-12(17)8-15-13(18)11-7-9-5-3-4-6-10(9)16-11;/h9-11,16H,2-8H2,1H3,(H,14,17)(H,15,18);1H. The molecular formula is C13H24ClN3O2. The second-order valence-electron chi connectivity index (χ2n) is 5.28. The molecule has 3 unspecified atom stereocenters. The fraction of sp³-hybridized carbons (Fsp3) is 0.846. The van der Waals surface area contributed by atoms with E-state index in [2.05, 4.69) is 16.0 Å². The van der Waals surface area contributed by atoms with Gasteiger partial charge in [-0.15, -0.1) is 12.4 Å². The van der Waals surface area contributed by atoms with Gasteiger partial charge in [-0.05, 0) is 32.1 Å². The lowest BCUT2D eigenvalue weighted by Crippen LogP contribution is -2.46. The first-order valence-electron chi connectivity index (χ1n) is 7.01. The van der Waals surface area contributed by atoms with Crippen LogP contribution in [0.15, 0.2) is 0 Å². The first-order chi connectivity index (χ1) is 8.70. The molecule has 3 atom stereocenters. The Morgan fingerprint density at radius 2 is 1.95 bits per heavy atom. The maximum absolute atomic E-state index is 11.9. The molecule has 2 fully saturated rings. The van der Waals surface area contributed by atoms with E-state index in [1.54, 1.807) is 0 Å². The minimum absolute atomic E-state index is 0. The average molecular weight is 290 g/mol. The van der Waals surface area contributed by atoms with E-state index in [1.165, 1.54) is 25.7 Å². The highest BCUT2D eigenvalue weighted by Crippen LogP contribution is 2.33. The largest absolute Gasteiger partial charge is 0.355 e. The summed E-state index contributed by atoms with van der Waals surface area (Å²) in [4.78, 5) is 23.2. The third kappa shape index (κ3) is 4.35. The quantitative estimate of drug-likeness (QED) is 0.709. The first-order valence-corrected chi connectivity index (χ1v) is 7.01. The molecular weight excluding hydrogens is 266 g/mol. The van der Waals surface area contributed by atoms with Crippen LogP contribution in [0.3, 0.4) is 0 Å². The summed E-state index contributed by atoms with van der Waals surface area (Å²) in [5, 5.41) is 8.78. The molecule has 0 radical (unpaired) electrons. The minimum atomic E-state index is -0.124. The van der Waals surface area contributed by atoms with E-state index in [-0.39, 0.29) is 36.8 Å². The third-order valence-electron chi connectivity index (χ3n) is 3.98. The number of halogens is 1. The van der Waals surface area contributed by atoms with Crippen LogP contribution in [0.25, 0.3) is 0 Å². The Morgan fingerprint density at radius 1 is 1.21 bits per heavy atom. The van der Waals surface area contributed by atoms with Crippen molar-refractivity contribution in [3.63, 3.8) is 0 Å². The fourth-order valence-electron chi connectivity index (χ4n) is 3.07. The van der Waals surface area contributed by atoms with Crippen molar-refractivity contribution in [1.29, 1.82) is 0 Å². The molecule has 0 spiro atoms. The Hall–Kier alpha value is -0.810. The van der Waals surface area contributed by atoms with Crippen molar-refractivity contribution in [2.45, 2.75) is 51.1 Å². The molecule has 1 heterocycles. The molecule has 5 nitrogen and oxygen atoms in total. The minimum Gasteiger partial charge on any atom is -0.355 e. The number of fused-ring (bicyclic) bond motifs is 1. The first kappa shape index (κ1) is 16.2. The van der Waals surface area contributed by atoms with Gasteiger partial charge in [-0.2, -0.15) is 0 Å². The molecule has 2 amide bonds. The van der Waals surface area contributed by atoms with Gasteiger partial charge in [-0.1, -0.05) is 12.8 Å². The monoisotopic (exact) mass is 289 g/mol. The highest BCUT2D eigenvalue weighted by molar-refractivity contribution is 5.87. The summed E-state index contributed by atoms with van der Waals surface area (Å²) in [7, 11) is 0. The Labute approximate surface area is 120 Å². The Bertz CT molecular complexity index is 311. The molecule has 1 aliphatic heterocycles. The highest BCUT2D eigenvalue weighted by Gasteiger charge is 2.38. The number of likely N-dealkylation sites (N-methyl/N-ethyl adjacent to an activating group) is 1. The molecule has 2 aliphatic rings. The van der Waals surface area contributed by atoms with Crippen LogP contribution in [0.1, 0.15) is 39.0 Å². The molecule has 3 N–H and O–H groups in total. The van der Waals surface area contributed by atoms with E-state index in [4.69, 9.17) is 0 Å². The Kier molecular flexibility index (Phi) is 6.58. The summed E-state index contributed by atoms with van der Waals surface area (Å²) < 4.78 is 0. The number of carbonyl (C=O) groups excluding carboxylic acids is 2. The van der Waals surface area contributed by atoms with Crippen LogP contribution in [-0.2, 0) is 9.59 Å². The number of nitrogens with one attached hydrogen (secondary N) is 3. The third-order valence-corrected chi connectivity index (χ3v) is 3.98. The van der Waals surface area contributed by atoms with Crippen molar-refractivity contribution in [1.82, 2.24) is 16.0 Å². The summed E-state index contributed by atoms with van der Waals surface area (Å²) in [5.41, 5.74) is 0. The summed E-state index contributed by atoms with van der Waals surface area (Å²) in [6, 6.07) is 0.409. The van der Waals surface area contributed by atoms with E-state index < -0.39 is 0 Å². The van der Waals surface area contributed by atoms with Gasteiger partial charge in [-0.3, -0.25) is 9.59 Å². The van der Waals surface area contributed by atoms with E-state index >= 15 is 0 Å².